The second-order valence-corrected chi connectivity index (χ2v) is 5.72. The summed E-state index contributed by atoms with van der Waals surface area (Å²) in [6.45, 7) is 7.85. The Labute approximate surface area is 119 Å². The van der Waals surface area contributed by atoms with E-state index in [2.05, 4.69) is 6.58 Å². The van der Waals surface area contributed by atoms with E-state index in [9.17, 15) is 15.3 Å². The molecule has 1 aromatic rings. The van der Waals surface area contributed by atoms with Crippen LogP contribution in [0.5, 0.6) is 11.5 Å². The molecule has 0 heterocycles. The fraction of sp³-hybridized carbons (Fsp3) is 0.412. The number of aryl methyl sites for hydroxylation is 1. The largest absolute Gasteiger partial charge is 0.507 e. The number of allylic oxidation sites excluding steroid dienone is 2. The second kappa shape index (κ2) is 5.71. The SMILES string of the molecule is C=C(C)C1CCC(CO)=CC1c1c(O)cc(C)cc1O. The van der Waals surface area contributed by atoms with Gasteiger partial charge < -0.3 is 15.3 Å². The number of aliphatic hydroxyl groups is 1. The number of hydrogen-bond acceptors (Lipinski definition) is 3. The standard InChI is InChI=1S/C17H22O3/c1-10(2)13-5-4-12(9-18)8-14(13)17-15(19)6-11(3)7-16(17)20/h6-8,13-14,18-20H,1,4-5,9H2,2-3H3. The van der Waals surface area contributed by atoms with Crippen LogP contribution in [0.25, 0.3) is 0 Å². The molecule has 2 rings (SSSR count). The summed E-state index contributed by atoms with van der Waals surface area (Å²) in [6.07, 6.45) is 3.67. The molecule has 20 heavy (non-hydrogen) atoms. The first kappa shape index (κ1) is 14.7. The van der Waals surface area contributed by atoms with Gasteiger partial charge in [0.2, 0.25) is 0 Å². The van der Waals surface area contributed by atoms with Crippen molar-refractivity contribution in [2.45, 2.75) is 32.6 Å². The molecule has 3 heteroatoms. The summed E-state index contributed by atoms with van der Waals surface area (Å²) < 4.78 is 0. The number of aliphatic hydroxyl groups excluding tert-OH is 1. The Morgan fingerprint density at radius 3 is 2.40 bits per heavy atom. The normalized spacial score (nSPS) is 22.4. The summed E-state index contributed by atoms with van der Waals surface area (Å²) in [5.41, 5.74) is 3.33. The van der Waals surface area contributed by atoms with Crippen molar-refractivity contribution in [2.75, 3.05) is 6.61 Å². The van der Waals surface area contributed by atoms with Gasteiger partial charge in [-0.15, -0.1) is 0 Å². The number of phenols is 2. The molecule has 1 aromatic carbocycles. The van der Waals surface area contributed by atoms with Crippen molar-refractivity contribution in [2.24, 2.45) is 5.92 Å². The molecule has 2 atom stereocenters. The maximum Gasteiger partial charge on any atom is 0.123 e. The van der Waals surface area contributed by atoms with Gasteiger partial charge in [-0.05, 0) is 55.9 Å². The van der Waals surface area contributed by atoms with Crippen LogP contribution in [0.3, 0.4) is 0 Å². The van der Waals surface area contributed by atoms with E-state index in [4.69, 9.17) is 0 Å². The number of rotatable bonds is 3. The van der Waals surface area contributed by atoms with Crippen LogP contribution in [0, 0.1) is 12.8 Å². The van der Waals surface area contributed by atoms with Crippen molar-refractivity contribution in [1.82, 2.24) is 0 Å². The zero-order valence-corrected chi connectivity index (χ0v) is 12.1. The van der Waals surface area contributed by atoms with E-state index in [0.29, 0.717) is 5.56 Å². The summed E-state index contributed by atoms with van der Waals surface area (Å²) in [5, 5.41) is 29.8. The van der Waals surface area contributed by atoms with Gasteiger partial charge in [0.05, 0.1) is 6.61 Å². The van der Waals surface area contributed by atoms with Gasteiger partial charge in [0.1, 0.15) is 11.5 Å². The highest BCUT2D eigenvalue weighted by Gasteiger charge is 2.30. The summed E-state index contributed by atoms with van der Waals surface area (Å²) in [4.78, 5) is 0. The van der Waals surface area contributed by atoms with Gasteiger partial charge in [-0.3, -0.25) is 0 Å². The van der Waals surface area contributed by atoms with Crippen molar-refractivity contribution in [3.63, 3.8) is 0 Å². The van der Waals surface area contributed by atoms with E-state index in [1.54, 1.807) is 12.1 Å². The van der Waals surface area contributed by atoms with Gasteiger partial charge in [0, 0.05) is 11.5 Å². The average molecular weight is 274 g/mol. The third kappa shape index (κ3) is 2.73. The average Bonchev–Trinajstić information content (AvgIpc) is 2.37. The number of hydrogen-bond donors (Lipinski definition) is 3. The lowest BCUT2D eigenvalue weighted by Crippen LogP contribution is -2.18. The predicted molar refractivity (Wildman–Crippen MR) is 80.0 cm³/mol. The number of aromatic hydroxyl groups is 2. The van der Waals surface area contributed by atoms with Crippen molar-refractivity contribution in [1.29, 1.82) is 0 Å². The minimum atomic E-state index is -0.135. The van der Waals surface area contributed by atoms with Crippen LogP contribution < -0.4 is 0 Å². The number of benzene rings is 1. The molecular weight excluding hydrogens is 252 g/mol. The lowest BCUT2D eigenvalue weighted by molar-refractivity contribution is 0.314. The predicted octanol–water partition coefficient (Wildman–Crippen LogP) is 3.39. The molecule has 0 amide bonds. The van der Waals surface area contributed by atoms with Crippen molar-refractivity contribution >= 4 is 0 Å². The molecule has 1 aliphatic rings. The van der Waals surface area contributed by atoms with E-state index in [0.717, 1.165) is 29.6 Å². The first-order valence-corrected chi connectivity index (χ1v) is 6.92. The van der Waals surface area contributed by atoms with Crippen molar-refractivity contribution < 1.29 is 15.3 Å². The molecule has 108 valence electrons. The van der Waals surface area contributed by atoms with Gasteiger partial charge in [-0.25, -0.2) is 0 Å². The van der Waals surface area contributed by atoms with Crippen LogP contribution in [-0.4, -0.2) is 21.9 Å². The van der Waals surface area contributed by atoms with Gasteiger partial charge in [-0.1, -0.05) is 18.2 Å². The van der Waals surface area contributed by atoms with E-state index < -0.39 is 0 Å². The molecular formula is C17H22O3. The maximum absolute atomic E-state index is 10.2. The third-order valence-electron chi connectivity index (χ3n) is 4.08. The summed E-state index contributed by atoms with van der Waals surface area (Å²) in [5.74, 6) is 0.247. The zero-order valence-electron chi connectivity index (χ0n) is 12.1. The van der Waals surface area contributed by atoms with E-state index in [1.165, 1.54) is 0 Å². The van der Waals surface area contributed by atoms with Crippen molar-refractivity contribution in [3.05, 3.63) is 47.1 Å². The highest BCUT2D eigenvalue weighted by Crippen LogP contribution is 2.46. The Morgan fingerprint density at radius 1 is 1.30 bits per heavy atom. The molecule has 3 nitrogen and oxygen atoms in total. The first-order valence-electron chi connectivity index (χ1n) is 6.92. The Bertz CT molecular complexity index is 534. The Hall–Kier alpha value is -1.74. The minimum Gasteiger partial charge on any atom is -0.507 e. The highest BCUT2D eigenvalue weighted by molar-refractivity contribution is 5.51. The van der Waals surface area contributed by atoms with Crippen molar-refractivity contribution in [3.8, 4) is 11.5 Å². The topological polar surface area (TPSA) is 60.7 Å². The monoisotopic (exact) mass is 274 g/mol. The Kier molecular flexibility index (Phi) is 4.19. The highest BCUT2D eigenvalue weighted by atomic mass is 16.3. The maximum atomic E-state index is 10.2. The van der Waals surface area contributed by atoms with E-state index in [1.807, 2.05) is 19.9 Å². The fourth-order valence-electron chi connectivity index (χ4n) is 3.04. The van der Waals surface area contributed by atoms with Gasteiger partial charge in [0.15, 0.2) is 0 Å². The third-order valence-corrected chi connectivity index (χ3v) is 4.08. The zero-order chi connectivity index (χ0) is 14.9. The molecule has 0 aromatic heterocycles. The minimum absolute atomic E-state index is 0.0206. The second-order valence-electron chi connectivity index (χ2n) is 5.72. The molecule has 0 saturated carbocycles. The fourth-order valence-corrected chi connectivity index (χ4v) is 3.04. The first-order chi connectivity index (χ1) is 9.43. The Morgan fingerprint density at radius 2 is 1.90 bits per heavy atom. The van der Waals surface area contributed by atoms with Crippen LogP contribution in [0.2, 0.25) is 0 Å². The lowest BCUT2D eigenvalue weighted by Gasteiger charge is -2.31. The van der Waals surface area contributed by atoms with Gasteiger partial charge in [-0.2, -0.15) is 0 Å². The summed E-state index contributed by atoms with van der Waals surface area (Å²) in [7, 11) is 0. The van der Waals surface area contributed by atoms with Crippen LogP contribution >= 0.6 is 0 Å². The van der Waals surface area contributed by atoms with E-state index in [-0.39, 0.29) is 29.9 Å². The molecule has 0 fully saturated rings. The Balaban J connectivity index is 2.53. The smallest absolute Gasteiger partial charge is 0.123 e. The van der Waals surface area contributed by atoms with Crippen LogP contribution in [0.4, 0.5) is 0 Å². The summed E-state index contributed by atoms with van der Waals surface area (Å²) >= 11 is 0. The number of phenolic OH excluding ortho intramolecular Hbond substituents is 2. The molecule has 0 aliphatic heterocycles. The molecule has 1 aliphatic carbocycles. The lowest BCUT2D eigenvalue weighted by atomic mass is 9.73. The molecule has 3 N–H and O–H groups in total. The summed E-state index contributed by atoms with van der Waals surface area (Å²) in [6, 6.07) is 3.32. The quantitative estimate of drug-likeness (QED) is 0.740. The van der Waals surface area contributed by atoms with E-state index >= 15 is 0 Å². The van der Waals surface area contributed by atoms with Gasteiger partial charge in [0.25, 0.3) is 0 Å². The molecule has 0 radical (unpaired) electrons. The van der Waals surface area contributed by atoms with Gasteiger partial charge >= 0.3 is 0 Å². The molecule has 0 saturated heterocycles. The molecule has 0 bridgehead atoms. The molecule has 0 spiro atoms. The van der Waals surface area contributed by atoms with Crippen LogP contribution in [0.1, 0.15) is 36.8 Å². The van der Waals surface area contributed by atoms with Crippen LogP contribution in [-0.2, 0) is 0 Å². The molecule has 2 unspecified atom stereocenters. The van der Waals surface area contributed by atoms with Crippen LogP contribution in [0.15, 0.2) is 35.9 Å².